The van der Waals surface area contributed by atoms with Crippen molar-refractivity contribution in [1.29, 1.82) is 0 Å². The smallest absolute Gasteiger partial charge is 0.216 e. The van der Waals surface area contributed by atoms with E-state index in [-0.39, 0.29) is 5.75 Å². The molecule has 0 aliphatic rings. The molecule has 1 aromatic heterocycles. The Bertz CT molecular complexity index is 702. The van der Waals surface area contributed by atoms with Crippen LogP contribution in [-0.2, 0) is 28.9 Å². The van der Waals surface area contributed by atoms with E-state index >= 15 is 0 Å². The summed E-state index contributed by atoms with van der Waals surface area (Å²) in [4.78, 5) is 2.25. The molecular weight excluding hydrogens is 304 g/mol. The fraction of sp³-hybridized carbons (Fsp3) is 0.333. The van der Waals surface area contributed by atoms with E-state index in [4.69, 9.17) is 5.73 Å². The summed E-state index contributed by atoms with van der Waals surface area (Å²) < 4.78 is 26.9. The molecule has 0 aliphatic heterocycles. The molecule has 0 unspecified atom stereocenters. The Morgan fingerprint density at radius 3 is 2.52 bits per heavy atom. The average molecular weight is 324 g/mol. The Morgan fingerprint density at radius 1 is 1.19 bits per heavy atom. The predicted molar refractivity (Wildman–Crippen MR) is 87.6 cm³/mol. The van der Waals surface area contributed by atoms with Crippen LogP contribution in [0.2, 0.25) is 0 Å². The number of benzene rings is 1. The van der Waals surface area contributed by atoms with Crippen LogP contribution in [0.1, 0.15) is 26.4 Å². The quantitative estimate of drug-likeness (QED) is 0.857. The molecule has 2 rings (SSSR count). The number of aryl methyl sites for hydroxylation is 2. The molecule has 2 aromatic rings. The molecule has 0 saturated heterocycles. The van der Waals surface area contributed by atoms with Gasteiger partial charge in [0, 0.05) is 22.8 Å². The number of hydrogen-bond acceptors (Lipinski definition) is 4. The van der Waals surface area contributed by atoms with Gasteiger partial charge < -0.3 is 5.73 Å². The lowest BCUT2D eigenvalue weighted by molar-refractivity contribution is 0.581. The molecule has 0 fully saturated rings. The molecule has 114 valence electrons. The van der Waals surface area contributed by atoms with Gasteiger partial charge in [0.15, 0.2) is 0 Å². The monoisotopic (exact) mass is 324 g/mol. The lowest BCUT2D eigenvalue weighted by Crippen LogP contribution is -2.24. The van der Waals surface area contributed by atoms with Gasteiger partial charge in [0.2, 0.25) is 10.0 Å². The summed E-state index contributed by atoms with van der Waals surface area (Å²) in [5.74, 6) is -0.0236. The summed E-state index contributed by atoms with van der Waals surface area (Å²) in [5.41, 5.74) is 8.46. The van der Waals surface area contributed by atoms with Crippen molar-refractivity contribution in [3.05, 3.63) is 56.8 Å². The standard InChI is InChI=1S/C15H20N2O2S2/c1-11-6-15(20-12(11)2)9-17-21(18,19)10-14-5-3-4-13(7-14)8-16/h3-7,17H,8-10,16H2,1-2H3. The molecule has 0 spiro atoms. The van der Waals surface area contributed by atoms with E-state index in [2.05, 4.69) is 4.72 Å². The Labute approximate surface area is 130 Å². The zero-order valence-electron chi connectivity index (χ0n) is 12.2. The van der Waals surface area contributed by atoms with Gasteiger partial charge in [0.1, 0.15) is 0 Å². The maximum atomic E-state index is 12.1. The highest BCUT2D eigenvalue weighted by atomic mass is 32.2. The van der Waals surface area contributed by atoms with Gasteiger partial charge in [-0.3, -0.25) is 0 Å². The largest absolute Gasteiger partial charge is 0.326 e. The van der Waals surface area contributed by atoms with Crippen molar-refractivity contribution in [2.75, 3.05) is 0 Å². The fourth-order valence-electron chi connectivity index (χ4n) is 2.03. The van der Waals surface area contributed by atoms with Crippen molar-refractivity contribution in [2.45, 2.75) is 32.7 Å². The van der Waals surface area contributed by atoms with Gasteiger partial charge >= 0.3 is 0 Å². The predicted octanol–water partition coefficient (Wildman–Crippen LogP) is 2.44. The zero-order valence-corrected chi connectivity index (χ0v) is 13.9. The molecule has 1 aromatic carbocycles. The van der Waals surface area contributed by atoms with Gasteiger partial charge in [-0.15, -0.1) is 11.3 Å². The first-order valence-electron chi connectivity index (χ1n) is 6.71. The second-order valence-electron chi connectivity index (χ2n) is 5.06. The number of thiophene rings is 1. The molecule has 4 nitrogen and oxygen atoms in total. The molecule has 0 atom stereocenters. The van der Waals surface area contributed by atoms with E-state index in [9.17, 15) is 8.42 Å². The normalized spacial score (nSPS) is 11.8. The molecule has 3 N–H and O–H groups in total. The van der Waals surface area contributed by atoms with Gasteiger partial charge in [-0.1, -0.05) is 24.3 Å². The average Bonchev–Trinajstić information content (AvgIpc) is 2.76. The molecule has 0 amide bonds. The third-order valence-corrected chi connectivity index (χ3v) is 5.72. The van der Waals surface area contributed by atoms with E-state index in [1.807, 2.05) is 38.1 Å². The van der Waals surface area contributed by atoms with E-state index in [1.165, 1.54) is 10.4 Å². The third-order valence-electron chi connectivity index (χ3n) is 3.27. The van der Waals surface area contributed by atoms with Crippen molar-refractivity contribution in [3.8, 4) is 0 Å². The van der Waals surface area contributed by atoms with E-state index in [0.717, 1.165) is 16.0 Å². The minimum atomic E-state index is -3.35. The lowest BCUT2D eigenvalue weighted by Gasteiger charge is -2.07. The maximum Gasteiger partial charge on any atom is 0.216 e. The Kier molecular flexibility index (Phi) is 5.16. The van der Waals surface area contributed by atoms with Crippen molar-refractivity contribution in [3.63, 3.8) is 0 Å². The van der Waals surface area contributed by atoms with Crippen molar-refractivity contribution < 1.29 is 8.42 Å². The Morgan fingerprint density at radius 2 is 1.90 bits per heavy atom. The highest BCUT2D eigenvalue weighted by molar-refractivity contribution is 7.88. The van der Waals surface area contributed by atoms with Crippen LogP contribution in [0.25, 0.3) is 0 Å². The molecule has 0 aliphatic carbocycles. The number of sulfonamides is 1. The van der Waals surface area contributed by atoms with E-state index < -0.39 is 10.0 Å². The van der Waals surface area contributed by atoms with Crippen LogP contribution in [0.4, 0.5) is 0 Å². The van der Waals surface area contributed by atoms with Crippen LogP contribution < -0.4 is 10.5 Å². The van der Waals surface area contributed by atoms with E-state index in [0.29, 0.717) is 13.1 Å². The zero-order chi connectivity index (χ0) is 15.5. The second kappa shape index (κ2) is 6.70. The number of nitrogens with two attached hydrogens (primary N) is 1. The van der Waals surface area contributed by atoms with Gasteiger partial charge in [-0.25, -0.2) is 13.1 Å². The molecule has 21 heavy (non-hydrogen) atoms. The van der Waals surface area contributed by atoms with Gasteiger partial charge in [-0.2, -0.15) is 0 Å². The fourth-order valence-corrected chi connectivity index (χ4v) is 4.22. The van der Waals surface area contributed by atoms with Crippen LogP contribution in [0.3, 0.4) is 0 Å². The van der Waals surface area contributed by atoms with Crippen molar-refractivity contribution in [1.82, 2.24) is 4.72 Å². The molecule has 0 radical (unpaired) electrons. The second-order valence-corrected chi connectivity index (χ2v) is 8.20. The van der Waals surface area contributed by atoms with Crippen molar-refractivity contribution >= 4 is 21.4 Å². The topological polar surface area (TPSA) is 72.2 Å². The van der Waals surface area contributed by atoms with Crippen molar-refractivity contribution in [2.24, 2.45) is 5.73 Å². The Hall–Kier alpha value is -1.21. The first-order chi connectivity index (χ1) is 9.89. The summed E-state index contributed by atoms with van der Waals surface area (Å²) in [7, 11) is -3.35. The van der Waals surface area contributed by atoms with Crippen LogP contribution in [0.5, 0.6) is 0 Å². The summed E-state index contributed by atoms with van der Waals surface area (Å²) in [6.45, 7) is 4.83. The third kappa shape index (κ3) is 4.64. The SMILES string of the molecule is Cc1cc(CNS(=O)(=O)Cc2cccc(CN)c2)sc1C. The highest BCUT2D eigenvalue weighted by Crippen LogP contribution is 2.20. The van der Waals surface area contributed by atoms with Crippen LogP contribution in [-0.4, -0.2) is 8.42 Å². The lowest BCUT2D eigenvalue weighted by atomic mass is 10.1. The van der Waals surface area contributed by atoms with Crippen LogP contribution >= 0.6 is 11.3 Å². The molecule has 0 bridgehead atoms. The molecule has 1 heterocycles. The number of nitrogens with one attached hydrogen (secondary N) is 1. The summed E-state index contributed by atoms with van der Waals surface area (Å²) in [6, 6.07) is 9.38. The molecular formula is C15H20N2O2S2. The summed E-state index contributed by atoms with van der Waals surface area (Å²) in [6.07, 6.45) is 0. The number of rotatable bonds is 6. The van der Waals surface area contributed by atoms with E-state index in [1.54, 1.807) is 17.4 Å². The minimum Gasteiger partial charge on any atom is -0.326 e. The first kappa shape index (κ1) is 16.2. The Balaban J connectivity index is 2.01. The minimum absolute atomic E-state index is 0.0236. The van der Waals surface area contributed by atoms with Crippen LogP contribution in [0, 0.1) is 13.8 Å². The van der Waals surface area contributed by atoms with Gasteiger partial charge in [0.05, 0.1) is 5.75 Å². The van der Waals surface area contributed by atoms with Crippen LogP contribution in [0.15, 0.2) is 30.3 Å². The molecule has 0 saturated carbocycles. The first-order valence-corrected chi connectivity index (χ1v) is 9.17. The summed E-state index contributed by atoms with van der Waals surface area (Å²) >= 11 is 1.62. The highest BCUT2D eigenvalue weighted by Gasteiger charge is 2.12. The van der Waals surface area contributed by atoms with Gasteiger partial charge in [0.25, 0.3) is 0 Å². The maximum absolute atomic E-state index is 12.1. The summed E-state index contributed by atoms with van der Waals surface area (Å²) in [5, 5.41) is 0. The number of hydrogen-bond donors (Lipinski definition) is 2. The molecule has 6 heteroatoms. The van der Waals surface area contributed by atoms with Gasteiger partial charge in [-0.05, 0) is 36.6 Å².